The summed E-state index contributed by atoms with van der Waals surface area (Å²) in [4.78, 5) is 10.5. The molecule has 0 aliphatic heterocycles. The minimum atomic E-state index is 0.362. The molecule has 0 bridgehead atoms. The van der Waals surface area contributed by atoms with Gasteiger partial charge in [-0.3, -0.25) is 0 Å². The van der Waals surface area contributed by atoms with E-state index < -0.39 is 0 Å². The highest BCUT2D eigenvalue weighted by atomic mass is 15.3. The number of hydrogen-bond acceptors (Lipinski definition) is 3. The van der Waals surface area contributed by atoms with Crippen molar-refractivity contribution in [3.8, 4) is 0 Å². The Labute approximate surface area is 190 Å². The molecule has 4 nitrogen and oxygen atoms in total. The summed E-state index contributed by atoms with van der Waals surface area (Å²) in [6.45, 7) is 6.98. The summed E-state index contributed by atoms with van der Waals surface area (Å²) in [7, 11) is 2.46. The summed E-state index contributed by atoms with van der Waals surface area (Å²) < 4.78 is 2.13. The van der Waals surface area contributed by atoms with Gasteiger partial charge >= 0.3 is 0 Å². The fourth-order valence-corrected chi connectivity index (χ4v) is 5.94. The topological polar surface area (TPSA) is 43.1 Å². The fraction of sp³-hybridized carbons (Fsp3) is 0.808. The highest BCUT2D eigenvalue weighted by Gasteiger charge is 2.30. The molecule has 2 aromatic rings. The molecule has 0 spiro atoms. The molecule has 2 unspecified atom stereocenters. The van der Waals surface area contributed by atoms with E-state index in [2.05, 4.69) is 39.3 Å². The number of aromatic nitrogens is 4. The Bertz CT molecular complexity index is 848. The summed E-state index contributed by atoms with van der Waals surface area (Å²) in [6, 6.07) is 0. The molecule has 5 heteroatoms. The van der Waals surface area contributed by atoms with Gasteiger partial charge in [-0.05, 0) is 31.6 Å². The first kappa shape index (κ1) is 22.8. The highest BCUT2D eigenvalue weighted by Crippen LogP contribution is 2.43. The second-order valence-electron chi connectivity index (χ2n) is 11.5. The minimum Gasteiger partial charge on any atom is -0.217 e. The molecule has 2 saturated carbocycles. The maximum absolute atomic E-state index is 5.35. The first-order valence-corrected chi connectivity index (χ1v) is 13.2. The van der Waals surface area contributed by atoms with E-state index in [0.29, 0.717) is 23.1 Å². The average Bonchev–Trinajstić information content (AvgIpc) is 3.15. The van der Waals surface area contributed by atoms with Crippen molar-refractivity contribution in [2.75, 3.05) is 0 Å². The Balaban J connectivity index is 1.78. The Hall–Kier alpha value is -1.39. The molecule has 2 fully saturated rings. The van der Waals surface area contributed by atoms with E-state index in [9.17, 15) is 0 Å². The third-order valence-corrected chi connectivity index (χ3v) is 7.85. The molecule has 2 heterocycles. The number of fused-ring (bicyclic) bond motifs is 1. The van der Waals surface area contributed by atoms with Crippen molar-refractivity contribution in [2.24, 2.45) is 0 Å². The van der Waals surface area contributed by atoms with Gasteiger partial charge < -0.3 is 0 Å². The maximum atomic E-state index is 5.35. The highest BCUT2D eigenvalue weighted by molar-refractivity contribution is 6.14. The Morgan fingerprint density at radius 2 is 1.52 bits per heavy atom. The molecule has 4 rings (SSSR count). The molecule has 0 aromatic carbocycles. The smallest absolute Gasteiger partial charge is 0.162 e. The van der Waals surface area contributed by atoms with Crippen LogP contribution < -0.4 is 0 Å². The van der Waals surface area contributed by atoms with Gasteiger partial charge in [0.2, 0.25) is 0 Å². The first-order valence-electron chi connectivity index (χ1n) is 13.2. The average molecular weight is 422 g/mol. The fourth-order valence-electron chi connectivity index (χ4n) is 5.94. The van der Waals surface area contributed by atoms with Gasteiger partial charge in [0.05, 0.1) is 6.20 Å². The molecule has 0 saturated heterocycles. The predicted molar refractivity (Wildman–Crippen MR) is 132 cm³/mol. The summed E-state index contributed by atoms with van der Waals surface area (Å²) in [5, 5.41) is 5.21. The van der Waals surface area contributed by atoms with Crippen LogP contribution in [0.2, 0.25) is 5.31 Å². The molecule has 0 radical (unpaired) electrons. The zero-order valence-corrected chi connectivity index (χ0v) is 20.5. The standard InChI is InChI=1S/C26H43BN4/c1-19(2)22-18-28-31-24(21-15-11-7-8-12-16-26(3,27)17-21)29-23(30-25(22)31)20-13-9-5-4-6-10-14-20/h18-21H,4-17,27H2,1-3H3. The van der Waals surface area contributed by atoms with Crippen LogP contribution in [-0.4, -0.2) is 27.4 Å². The quantitative estimate of drug-likeness (QED) is 0.516. The van der Waals surface area contributed by atoms with Gasteiger partial charge in [-0.25, -0.2) is 14.5 Å². The molecule has 2 aliphatic carbocycles. The van der Waals surface area contributed by atoms with Crippen LogP contribution in [0.15, 0.2) is 6.20 Å². The van der Waals surface area contributed by atoms with Crippen molar-refractivity contribution in [1.82, 2.24) is 19.6 Å². The van der Waals surface area contributed by atoms with Crippen molar-refractivity contribution in [1.29, 1.82) is 0 Å². The zero-order valence-electron chi connectivity index (χ0n) is 20.5. The molecule has 2 aromatic heterocycles. The summed E-state index contributed by atoms with van der Waals surface area (Å²) in [6.07, 6.45) is 20.5. The molecular formula is C26H43BN4. The van der Waals surface area contributed by atoms with Gasteiger partial charge in [-0.1, -0.05) is 90.3 Å². The first-order chi connectivity index (χ1) is 14.9. The third kappa shape index (κ3) is 5.52. The second kappa shape index (κ2) is 10.0. The van der Waals surface area contributed by atoms with Crippen molar-refractivity contribution >= 4 is 13.5 Å². The van der Waals surface area contributed by atoms with E-state index in [0.717, 1.165) is 11.5 Å². The van der Waals surface area contributed by atoms with Gasteiger partial charge in [0.15, 0.2) is 5.65 Å². The van der Waals surface area contributed by atoms with Crippen LogP contribution in [0.5, 0.6) is 0 Å². The predicted octanol–water partition coefficient (Wildman–Crippen LogP) is 6.72. The molecule has 0 amide bonds. The lowest BCUT2D eigenvalue weighted by Crippen LogP contribution is -2.20. The Kier molecular flexibility index (Phi) is 7.38. The Morgan fingerprint density at radius 3 is 2.19 bits per heavy atom. The van der Waals surface area contributed by atoms with E-state index in [1.54, 1.807) is 0 Å². The van der Waals surface area contributed by atoms with Gasteiger partial charge in [-0.15, -0.1) is 0 Å². The van der Waals surface area contributed by atoms with E-state index >= 15 is 0 Å². The monoisotopic (exact) mass is 422 g/mol. The number of hydrogen-bond donors (Lipinski definition) is 0. The Morgan fingerprint density at radius 1 is 0.903 bits per heavy atom. The van der Waals surface area contributed by atoms with Crippen LogP contribution in [0, 0.1) is 0 Å². The molecule has 0 N–H and O–H groups in total. The number of nitrogens with zero attached hydrogens (tertiary/aromatic N) is 4. The van der Waals surface area contributed by atoms with Crippen molar-refractivity contribution in [3.05, 3.63) is 23.4 Å². The molecular weight excluding hydrogens is 379 g/mol. The van der Waals surface area contributed by atoms with Gasteiger partial charge in [-0.2, -0.15) is 5.10 Å². The lowest BCUT2D eigenvalue weighted by molar-refractivity contribution is 0.416. The van der Waals surface area contributed by atoms with Crippen LogP contribution >= 0.6 is 0 Å². The summed E-state index contributed by atoms with van der Waals surface area (Å²) in [5.41, 5.74) is 2.35. The van der Waals surface area contributed by atoms with Gasteiger partial charge in [0, 0.05) is 17.4 Å². The van der Waals surface area contributed by atoms with E-state index in [4.69, 9.17) is 15.1 Å². The SMILES string of the molecule is BC1(C)CCCCCCC(c2nc(C3CCCCCCC3)nc3c(C(C)C)cnn23)C1. The van der Waals surface area contributed by atoms with Crippen LogP contribution in [0.4, 0.5) is 0 Å². The van der Waals surface area contributed by atoms with E-state index in [1.807, 2.05) is 0 Å². The largest absolute Gasteiger partial charge is 0.217 e. The third-order valence-electron chi connectivity index (χ3n) is 7.85. The molecule has 2 aliphatic rings. The minimum absolute atomic E-state index is 0.362. The van der Waals surface area contributed by atoms with Crippen LogP contribution in [0.25, 0.3) is 5.65 Å². The number of rotatable bonds is 3. The van der Waals surface area contributed by atoms with Gasteiger partial charge in [0.25, 0.3) is 0 Å². The van der Waals surface area contributed by atoms with Crippen LogP contribution in [0.1, 0.15) is 146 Å². The van der Waals surface area contributed by atoms with E-state index in [1.165, 1.54) is 101 Å². The van der Waals surface area contributed by atoms with Crippen LogP contribution in [0.3, 0.4) is 0 Å². The molecule has 2 atom stereocenters. The lowest BCUT2D eigenvalue weighted by Gasteiger charge is -2.29. The van der Waals surface area contributed by atoms with Crippen molar-refractivity contribution < 1.29 is 0 Å². The maximum Gasteiger partial charge on any atom is 0.162 e. The summed E-state index contributed by atoms with van der Waals surface area (Å²) >= 11 is 0. The summed E-state index contributed by atoms with van der Waals surface area (Å²) in [5.74, 6) is 3.74. The molecule has 170 valence electrons. The van der Waals surface area contributed by atoms with E-state index in [-0.39, 0.29) is 0 Å². The lowest BCUT2D eigenvalue weighted by atomic mass is 9.62. The zero-order chi connectivity index (χ0) is 21.8. The van der Waals surface area contributed by atoms with Crippen molar-refractivity contribution in [2.45, 2.75) is 134 Å². The van der Waals surface area contributed by atoms with Gasteiger partial charge in [0.1, 0.15) is 19.5 Å². The second-order valence-corrected chi connectivity index (χ2v) is 11.5. The van der Waals surface area contributed by atoms with Crippen LogP contribution in [-0.2, 0) is 0 Å². The van der Waals surface area contributed by atoms with Crippen molar-refractivity contribution in [3.63, 3.8) is 0 Å². The molecule has 31 heavy (non-hydrogen) atoms. The normalized spacial score (nSPS) is 27.4.